The van der Waals surface area contributed by atoms with E-state index in [0.717, 1.165) is 44.0 Å². The number of aromatic nitrogens is 2. The van der Waals surface area contributed by atoms with Gasteiger partial charge in [0.25, 0.3) is 0 Å². The van der Waals surface area contributed by atoms with E-state index in [0.29, 0.717) is 30.9 Å². The highest BCUT2D eigenvalue weighted by Gasteiger charge is 2.41. The van der Waals surface area contributed by atoms with Crippen LogP contribution in [-0.4, -0.2) is 45.7 Å². The van der Waals surface area contributed by atoms with E-state index >= 15 is 0 Å². The summed E-state index contributed by atoms with van der Waals surface area (Å²) in [5.74, 6) is 1.72. The summed E-state index contributed by atoms with van der Waals surface area (Å²) in [5.41, 5.74) is 4.59. The third-order valence-corrected chi connectivity index (χ3v) is 6.95. The molecule has 31 heavy (non-hydrogen) atoms. The van der Waals surface area contributed by atoms with Crippen LogP contribution in [0, 0.1) is 0 Å². The highest BCUT2D eigenvalue weighted by atomic mass is 16.5. The van der Waals surface area contributed by atoms with Crippen molar-refractivity contribution in [3.63, 3.8) is 0 Å². The van der Waals surface area contributed by atoms with Crippen LogP contribution < -0.4 is 9.64 Å². The lowest BCUT2D eigenvalue weighted by Gasteiger charge is -2.36. The van der Waals surface area contributed by atoms with Gasteiger partial charge in [-0.1, -0.05) is 12.1 Å². The number of aromatic hydroxyl groups is 1. The molecule has 0 spiro atoms. The fraction of sp³-hybridized carbons (Fsp3) is 0.520. The summed E-state index contributed by atoms with van der Waals surface area (Å²) in [7, 11) is 0. The smallest absolute Gasteiger partial charge is 0.225 e. The second kappa shape index (κ2) is 8.50. The van der Waals surface area contributed by atoms with Crippen LogP contribution in [0.3, 0.4) is 0 Å². The normalized spacial score (nSPS) is 22.5. The third-order valence-electron chi connectivity index (χ3n) is 6.95. The van der Waals surface area contributed by atoms with E-state index in [1.165, 1.54) is 36.1 Å². The Morgan fingerprint density at radius 1 is 1.26 bits per heavy atom. The molecule has 2 fully saturated rings. The molecular weight excluding hydrogens is 388 g/mol. The molecule has 0 unspecified atom stereocenters. The lowest BCUT2D eigenvalue weighted by molar-refractivity contribution is 0.166. The Morgan fingerprint density at radius 2 is 2.10 bits per heavy atom. The van der Waals surface area contributed by atoms with Crippen molar-refractivity contribution >= 4 is 5.95 Å². The lowest BCUT2D eigenvalue weighted by atomic mass is 9.97. The van der Waals surface area contributed by atoms with Crippen LogP contribution in [0.4, 0.5) is 5.95 Å². The molecule has 3 aliphatic rings. The first-order chi connectivity index (χ1) is 15.2. The fourth-order valence-corrected chi connectivity index (χ4v) is 5.49. The molecule has 2 atom stereocenters. The van der Waals surface area contributed by atoms with E-state index in [1.807, 2.05) is 19.1 Å². The van der Waals surface area contributed by atoms with Gasteiger partial charge in [0.2, 0.25) is 5.95 Å². The van der Waals surface area contributed by atoms with Gasteiger partial charge in [-0.05, 0) is 50.7 Å². The van der Waals surface area contributed by atoms with Crippen LogP contribution in [0.25, 0.3) is 0 Å². The molecule has 3 aliphatic heterocycles. The van der Waals surface area contributed by atoms with Crippen LogP contribution in [0.1, 0.15) is 61.0 Å². The number of rotatable bonds is 7. The summed E-state index contributed by atoms with van der Waals surface area (Å²) in [6.45, 7) is 9.30. The molecule has 1 N–H and O–H groups in total. The summed E-state index contributed by atoms with van der Waals surface area (Å²) < 4.78 is 5.71. The topological polar surface area (TPSA) is 61.7 Å². The van der Waals surface area contributed by atoms with Crippen LogP contribution in [0.15, 0.2) is 31.0 Å². The Morgan fingerprint density at radius 3 is 2.87 bits per heavy atom. The van der Waals surface area contributed by atoms with Crippen molar-refractivity contribution in [1.82, 2.24) is 14.9 Å². The van der Waals surface area contributed by atoms with E-state index in [9.17, 15) is 5.11 Å². The number of ether oxygens (including phenoxy) is 1. The van der Waals surface area contributed by atoms with E-state index in [2.05, 4.69) is 28.6 Å². The predicted octanol–water partition coefficient (Wildman–Crippen LogP) is 4.17. The third kappa shape index (κ3) is 3.78. The van der Waals surface area contributed by atoms with Gasteiger partial charge in [-0.3, -0.25) is 4.90 Å². The molecular formula is C25H32N4O2. The van der Waals surface area contributed by atoms with Crippen molar-refractivity contribution in [2.24, 2.45) is 0 Å². The molecule has 1 aromatic carbocycles. The molecule has 2 bridgehead atoms. The Labute approximate surface area is 184 Å². The average Bonchev–Trinajstić information content (AvgIpc) is 3.39. The van der Waals surface area contributed by atoms with Gasteiger partial charge in [0.05, 0.1) is 12.3 Å². The first-order valence-electron chi connectivity index (χ1n) is 11.6. The van der Waals surface area contributed by atoms with Crippen molar-refractivity contribution in [3.05, 3.63) is 53.4 Å². The Bertz CT molecular complexity index is 970. The number of hydrogen-bond acceptors (Lipinski definition) is 6. The van der Waals surface area contributed by atoms with Crippen molar-refractivity contribution in [2.45, 2.75) is 64.1 Å². The highest BCUT2D eigenvalue weighted by molar-refractivity contribution is 5.49. The van der Waals surface area contributed by atoms with Crippen LogP contribution >= 0.6 is 0 Å². The Kier molecular flexibility index (Phi) is 5.57. The standard InChI is InChI=1S/C25H32N4O2/c1-3-7-18-12-17(13-23(24(18)30)31-4-2)16-29-19-8-9-22(29)20-15-26-25(27-21(20)14-19)28-10-5-6-11-28/h3,12-13,15,19,22,30H,1,4-11,14,16H2,2H3/t19-,22+/m0/s1. The first-order valence-corrected chi connectivity index (χ1v) is 11.6. The number of nitrogens with zero attached hydrogens (tertiary/aromatic N) is 4. The average molecular weight is 421 g/mol. The quantitative estimate of drug-likeness (QED) is 0.679. The summed E-state index contributed by atoms with van der Waals surface area (Å²) in [6, 6.07) is 4.97. The molecule has 0 saturated carbocycles. The maximum Gasteiger partial charge on any atom is 0.225 e. The minimum absolute atomic E-state index is 0.236. The number of benzene rings is 1. The monoisotopic (exact) mass is 420 g/mol. The molecule has 0 amide bonds. The largest absolute Gasteiger partial charge is 0.504 e. The number of fused-ring (bicyclic) bond motifs is 4. The summed E-state index contributed by atoms with van der Waals surface area (Å²) >= 11 is 0. The minimum atomic E-state index is 0.236. The van der Waals surface area contributed by atoms with Gasteiger partial charge >= 0.3 is 0 Å². The molecule has 0 aliphatic carbocycles. The number of phenolic OH excluding ortho intramolecular Hbond substituents is 1. The van der Waals surface area contributed by atoms with Crippen LogP contribution in [0.2, 0.25) is 0 Å². The molecule has 2 saturated heterocycles. The number of anilines is 1. The molecule has 5 rings (SSSR count). The molecule has 1 aromatic heterocycles. The molecule has 164 valence electrons. The summed E-state index contributed by atoms with van der Waals surface area (Å²) in [4.78, 5) is 14.7. The Hall–Kier alpha value is -2.60. The van der Waals surface area contributed by atoms with Crippen molar-refractivity contribution in [1.29, 1.82) is 0 Å². The van der Waals surface area contributed by atoms with E-state index in [-0.39, 0.29) is 5.75 Å². The maximum atomic E-state index is 10.5. The van der Waals surface area contributed by atoms with Gasteiger partial charge in [-0.25, -0.2) is 9.97 Å². The van der Waals surface area contributed by atoms with Crippen LogP contribution in [0.5, 0.6) is 11.5 Å². The molecule has 6 heteroatoms. The summed E-state index contributed by atoms with van der Waals surface area (Å²) in [5, 5.41) is 10.5. The zero-order chi connectivity index (χ0) is 21.4. The number of hydrogen-bond donors (Lipinski definition) is 1. The zero-order valence-corrected chi connectivity index (χ0v) is 18.4. The lowest BCUT2D eigenvalue weighted by Crippen LogP contribution is -2.38. The van der Waals surface area contributed by atoms with Crippen molar-refractivity contribution in [3.8, 4) is 11.5 Å². The van der Waals surface area contributed by atoms with Gasteiger partial charge < -0.3 is 14.7 Å². The van der Waals surface area contributed by atoms with E-state index in [4.69, 9.17) is 14.7 Å². The second-order valence-corrected chi connectivity index (χ2v) is 8.92. The van der Waals surface area contributed by atoms with Crippen molar-refractivity contribution < 1.29 is 9.84 Å². The van der Waals surface area contributed by atoms with E-state index in [1.54, 1.807) is 0 Å². The molecule has 2 aromatic rings. The van der Waals surface area contributed by atoms with Gasteiger partial charge in [0.15, 0.2) is 11.5 Å². The van der Waals surface area contributed by atoms with Crippen LogP contribution in [-0.2, 0) is 19.4 Å². The number of phenols is 1. The van der Waals surface area contributed by atoms with Gasteiger partial charge in [-0.2, -0.15) is 0 Å². The van der Waals surface area contributed by atoms with Gasteiger partial charge in [-0.15, -0.1) is 6.58 Å². The zero-order valence-electron chi connectivity index (χ0n) is 18.4. The minimum Gasteiger partial charge on any atom is -0.504 e. The van der Waals surface area contributed by atoms with Crippen molar-refractivity contribution in [2.75, 3.05) is 24.6 Å². The number of allylic oxidation sites excluding steroid dienone is 1. The van der Waals surface area contributed by atoms with E-state index < -0.39 is 0 Å². The Balaban J connectivity index is 1.41. The second-order valence-electron chi connectivity index (χ2n) is 8.92. The van der Waals surface area contributed by atoms with Gasteiger partial charge in [0.1, 0.15) is 0 Å². The summed E-state index contributed by atoms with van der Waals surface area (Å²) in [6.07, 6.45) is 10.3. The van der Waals surface area contributed by atoms with Gasteiger partial charge in [0, 0.05) is 55.5 Å². The first kappa shape index (κ1) is 20.3. The molecule has 4 heterocycles. The SMILES string of the molecule is C=CCc1cc(CN2[C@H]3CC[C@@H]2c2cnc(N4CCCC4)nc2C3)cc(OCC)c1O. The fourth-order valence-electron chi connectivity index (χ4n) is 5.49. The maximum absolute atomic E-state index is 10.5. The molecule has 0 radical (unpaired) electrons. The molecule has 6 nitrogen and oxygen atoms in total. The highest BCUT2D eigenvalue weighted by Crippen LogP contribution is 2.44. The predicted molar refractivity (Wildman–Crippen MR) is 122 cm³/mol.